The summed E-state index contributed by atoms with van der Waals surface area (Å²) in [6.07, 6.45) is -4.66. The minimum Gasteiger partial charge on any atom is -0.478 e. The Kier molecular flexibility index (Phi) is 5.85. The van der Waals surface area contributed by atoms with Gasteiger partial charge in [-0.05, 0) is 23.8 Å². The molecule has 0 spiro atoms. The summed E-state index contributed by atoms with van der Waals surface area (Å²) in [5.41, 5.74) is -1.03. The Morgan fingerprint density at radius 2 is 1.81 bits per heavy atom. The van der Waals surface area contributed by atoms with Crippen LogP contribution in [0.25, 0.3) is 0 Å². The third-order valence-corrected chi connectivity index (χ3v) is 4.79. The second-order valence-corrected chi connectivity index (χ2v) is 7.85. The predicted octanol–water partition coefficient (Wildman–Crippen LogP) is 5.26. The maximum absolute atomic E-state index is 13.4. The zero-order valence-electron chi connectivity index (χ0n) is 14.9. The molecule has 8 heteroatoms. The maximum atomic E-state index is 13.4. The molecule has 0 aliphatic carbocycles. The first-order valence-corrected chi connectivity index (χ1v) is 8.90. The summed E-state index contributed by atoms with van der Waals surface area (Å²) in [7, 11) is 0. The molecule has 0 atom stereocenters. The summed E-state index contributed by atoms with van der Waals surface area (Å²) in [5.74, 6) is -0.803. The van der Waals surface area contributed by atoms with Crippen molar-refractivity contribution in [3.05, 3.63) is 58.3 Å². The van der Waals surface area contributed by atoms with E-state index >= 15 is 0 Å². The van der Waals surface area contributed by atoms with Gasteiger partial charge < -0.3 is 5.11 Å². The Morgan fingerprint density at radius 3 is 2.26 bits per heavy atom. The van der Waals surface area contributed by atoms with Gasteiger partial charge in [0.2, 0.25) is 0 Å². The highest BCUT2D eigenvalue weighted by Gasteiger charge is 2.37. The van der Waals surface area contributed by atoms with Crippen LogP contribution in [0.5, 0.6) is 0 Å². The van der Waals surface area contributed by atoms with E-state index in [1.807, 2.05) is 0 Å². The van der Waals surface area contributed by atoms with E-state index in [0.29, 0.717) is 5.56 Å². The van der Waals surface area contributed by atoms with Gasteiger partial charge in [-0.1, -0.05) is 32.9 Å². The highest BCUT2D eigenvalue weighted by Crippen LogP contribution is 2.38. The van der Waals surface area contributed by atoms with Crippen molar-refractivity contribution in [3.8, 4) is 6.07 Å². The largest absolute Gasteiger partial charge is 0.478 e. The number of hydrogen-bond acceptors (Lipinski definition) is 4. The van der Waals surface area contributed by atoms with Gasteiger partial charge in [0.25, 0.3) is 0 Å². The first-order valence-electron chi connectivity index (χ1n) is 7.91. The summed E-state index contributed by atoms with van der Waals surface area (Å²) in [5, 5.41) is 18.2. The van der Waals surface area contributed by atoms with E-state index in [2.05, 4.69) is 4.98 Å². The molecule has 0 saturated carbocycles. The molecule has 27 heavy (non-hydrogen) atoms. The van der Waals surface area contributed by atoms with Crippen molar-refractivity contribution >= 4 is 17.7 Å². The number of pyridine rings is 1. The van der Waals surface area contributed by atoms with Crippen molar-refractivity contribution in [1.82, 2.24) is 4.98 Å². The van der Waals surface area contributed by atoms with Crippen LogP contribution in [0, 0.1) is 11.3 Å². The molecule has 2 rings (SSSR count). The van der Waals surface area contributed by atoms with E-state index in [1.54, 1.807) is 39.0 Å². The topological polar surface area (TPSA) is 74.0 Å². The minimum atomic E-state index is -4.66. The number of aromatic nitrogens is 1. The fourth-order valence-electron chi connectivity index (χ4n) is 2.24. The van der Waals surface area contributed by atoms with Crippen LogP contribution in [0.15, 0.2) is 35.4 Å². The number of nitriles is 1. The van der Waals surface area contributed by atoms with Crippen LogP contribution >= 0.6 is 11.8 Å². The molecule has 2 aromatic rings. The molecule has 0 fully saturated rings. The van der Waals surface area contributed by atoms with Crippen molar-refractivity contribution < 1.29 is 23.1 Å². The first kappa shape index (κ1) is 20.8. The number of thioether (sulfide) groups is 1. The molecule has 1 N–H and O–H groups in total. The first-order chi connectivity index (χ1) is 12.4. The molecule has 1 aromatic carbocycles. The molecule has 0 bridgehead atoms. The Labute approximate surface area is 159 Å². The van der Waals surface area contributed by atoms with Crippen LogP contribution in [0.2, 0.25) is 0 Å². The number of alkyl halides is 3. The molecular weight excluding hydrogens is 377 g/mol. The number of aromatic carboxylic acids is 1. The van der Waals surface area contributed by atoms with Gasteiger partial charge in [0.05, 0.1) is 16.7 Å². The second-order valence-electron chi connectivity index (χ2n) is 6.89. The molecular formula is C19H17F3N2O2S. The van der Waals surface area contributed by atoms with E-state index < -0.39 is 28.7 Å². The van der Waals surface area contributed by atoms with Gasteiger partial charge in [0.1, 0.15) is 11.1 Å². The van der Waals surface area contributed by atoms with Crippen LogP contribution in [0.1, 0.15) is 53.5 Å². The van der Waals surface area contributed by atoms with Crippen molar-refractivity contribution in [1.29, 1.82) is 5.26 Å². The average Bonchev–Trinajstić information content (AvgIpc) is 2.57. The monoisotopic (exact) mass is 394 g/mol. The molecule has 4 nitrogen and oxygen atoms in total. The van der Waals surface area contributed by atoms with E-state index in [0.717, 1.165) is 17.8 Å². The van der Waals surface area contributed by atoms with E-state index in [1.165, 1.54) is 12.1 Å². The predicted molar refractivity (Wildman–Crippen MR) is 95.6 cm³/mol. The molecule has 1 aromatic heterocycles. The van der Waals surface area contributed by atoms with E-state index in [9.17, 15) is 23.2 Å². The van der Waals surface area contributed by atoms with Crippen LogP contribution in [0.4, 0.5) is 13.2 Å². The van der Waals surface area contributed by atoms with Gasteiger partial charge in [-0.25, -0.2) is 9.78 Å². The van der Waals surface area contributed by atoms with Crippen LogP contribution in [0.3, 0.4) is 0 Å². The molecule has 0 unspecified atom stereocenters. The lowest BCUT2D eigenvalue weighted by Gasteiger charge is -2.21. The zero-order chi connectivity index (χ0) is 20.4. The Morgan fingerprint density at radius 1 is 1.22 bits per heavy atom. The van der Waals surface area contributed by atoms with Crippen molar-refractivity contribution in [2.45, 2.75) is 43.1 Å². The Balaban J connectivity index is 2.42. The normalized spacial score (nSPS) is 11.9. The van der Waals surface area contributed by atoms with E-state index in [-0.39, 0.29) is 22.0 Å². The molecule has 1 heterocycles. The summed E-state index contributed by atoms with van der Waals surface area (Å²) >= 11 is 1.02. The quantitative estimate of drug-likeness (QED) is 0.716. The van der Waals surface area contributed by atoms with Gasteiger partial charge in [-0.3, -0.25) is 0 Å². The summed E-state index contributed by atoms with van der Waals surface area (Å²) in [6.45, 7) is 5.25. The number of nitrogens with zero attached hydrogens (tertiary/aromatic N) is 2. The fourth-order valence-corrected chi connectivity index (χ4v) is 3.20. The lowest BCUT2D eigenvalue weighted by molar-refractivity contribution is -0.138. The summed E-state index contributed by atoms with van der Waals surface area (Å²) < 4.78 is 40.3. The van der Waals surface area contributed by atoms with Crippen molar-refractivity contribution in [2.24, 2.45) is 0 Å². The summed E-state index contributed by atoms with van der Waals surface area (Å²) in [4.78, 5) is 15.2. The number of hydrogen-bond donors (Lipinski definition) is 1. The smallest absolute Gasteiger partial charge is 0.417 e. The third-order valence-electron chi connectivity index (χ3n) is 3.75. The third kappa shape index (κ3) is 5.01. The van der Waals surface area contributed by atoms with Crippen LogP contribution < -0.4 is 0 Å². The van der Waals surface area contributed by atoms with Gasteiger partial charge >= 0.3 is 12.1 Å². The maximum Gasteiger partial charge on any atom is 0.417 e. The molecule has 0 aliphatic heterocycles. The molecule has 142 valence electrons. The molecule has 0 saturated heterocycles. The Hall–Kier alpha value is -2.53. The molecule has 0 amide bonds. The number of carboxylic acid groups (broad SMARTS) is 1. The number of benzene rings is 1. The van der Waals surface area contributed by atoms with Crippen molar-refractivity contribution in [3.63, 3.8) is 0 Å². The number of carbonyl (C=O) groups is 1. The lowest BCUT2D eigenvalue weighted by atomic mass is 9.90. The zero-order valence-corrected chi connectivity index (χ0v) is 15.7. The van der Waals surface area contributed by atoms with Gasteiger partial charge in [-0.15, -0.1) is 11.8 Å². The lowest BCUT2D eigenvalue weighted by Crippen LogP contribution is -2.18. The molecule has 0 aliphatic rings. The number of rotatable bonds is 4. The molecule has 0 radical (unpaired) electrons. The Bertz CT molecular complexity index is 895. The van der Waals surface area contributed by atoms with Crippen LogP contribution in [-0.2, 0) is 17.3 Å². The minimum absolute atomic E-state index is 0.0135. The van der Waals surface area contributed by atoms with Gasteiger partial charge in [-0.2, -0.15) is 18.4 Å². The van der Waals surface area contributed by atoms with Crippen LogP contribution in [-0.4, -0.2) is 16.1 Å². The number of halogens is 3. The fraction of sp³-hybridized carbons (Fsp3) is 0.316. The SMILES string of the molecule is CC(C)(C)c1cc(C(F)(F)F)c(C#N)c(SCc2ccc(C(=O)O)cc2)n1. The van der Waals surface area contributed by atoms with E-state index in [4.69, 9.17) is 5.11 Å². The highest BCUT2D eigenvalue weighted by atomic mass is 32.2. The summed E-state index contributed by atoms with van der Waals surface area (Å²) in [6, 6.07) is 8.57. The van der Waals surface area contributed by atoms with Crippen molar-refractivity contribution in [2.75, 3.05) is 0 Å². The second kappa shape index (κ2) is 7.61. The average molecular weight is 394 g/mol. The van der Waals surface area contributed by atoms with Gasteiger partial charge in [0.15, 0.2) is 0 Å². The number of carboxylic acids is 1. The standard InChI is InChI=1S/C19H17F3N2O2S/c1-18(2,3)15-8-14(19(20,21)22)13(9-23)16(24-15)27-10-11-4-6-12(7-5-11)17(25)26/h4-8H,10H2,1-3H3,(H,25,26). The van der Waals surface area contributed by atoms with Gasteiger partial charge in [0, 0.05) is 16.9 Å². The highest BCUT2D eigenvalue weighted by molar-refractivity contribution is 7.98.